The highest BCUT2D eigenvalue weighted by molar-refractivity contribution is 6.34. The molecule has 344 valence electrons. The highest BCUT2D eigenvalue weighted by Crippen LogP contribution is 2.41. The van der Waals surface area contributed by atoms with E-state index in [0.29, 0.717) is 38.0 Å². The molecular formula is C53H75Cl3O6. The molecule has 62 heavy (non-hydrogen) atoms. The molecule has 0 bridgehead atoms. The van der Waals surface area contributed by atoms with E-state index in [0.717, 1.165) is 42.4 Å². The third-order valence-corrected chi connectivity index (χ3v) is 11.8. The van der Waals surface area contributed by atoms with E-state index in [1.165, 1.54) is 16.7 Å². The average Bonchev–Trinajstić information content (AvgIpc) is 3.13. The second kappa shape index (κ2) is 21.7. The van der Waals surface area contributed by atoms with E-state index in [1.807, 2.05) is 62.3 Å². The Hall–Kier alpha value is -3.06. The molecule has 0 fully saturated rings. The summed E-state index contributed by atoms with van der Waals surface area (Å²) in [6.45, 7) is 26.2. The molecule has 6 nitrogen and oxygen atoms in total. The van der Waals surface area contributed by atoms with Gasteiger partial charge >= 0.3 is 17.9 Å². The lowest BCUT2D eigenvalue weighted by Crippen LogP contribution is -2.38. The number of carbonyl (C=O) groups excluding carboxylic acids is 3. The lowest BCUT2D eigenvalue weighted by atomic mass is 9.78. The Bertz CT molecular complexity index is 1890. The van der Waals surface area contributed by atoms with E-state index in [4.69, 9.17) is 49.0 Å². The molecule has 3 aromatic carbocycles. The van der Waals surface area contributed by atoms with E-state index >= 15 is 0 Å². The number of alkyl halides is 3. The maximum atomic E-state index is 13.6. The standard InChI is InChI=1S/C53H75Cl3O6/c1-36(2)33-40-17-15-37(16-18-40)23-28-43(41-24-19-38(20-25-41)29-31-51(12,54)45(57)60-48(3,4)5)34-44(35-53(14,56)47(59)62-50(9,10)11)42-26-21-39(22-27-42)30-32-52(13,55)46(58)61-49(6,7)8/h15-22,24-27,36,43-44H,23,28-35H2,1-14H3. The molecule has 0 spiro atoms. The van der Waals surface area contributed by atoms with Crippen LogP contribution >= 0.6 is 34.8 Å². The molecule has 0 aromatic heterocycles. The van der Waals surface area contributed by atoms with Gasteiger partial charge in [0, 0.05) is 0 Å². The van der Waals surface area contributed by atoms with Crippen molar-refractivity contribution >= 4 is 52.7 Å². The van der Waals surface area contributed by atoms with Crippen molar-refractivity contribution in [2.45, 2.75) is 198 Å². The van der Waals surface area contributed by atoms with E-state index in [2.05, 4.69) is 86.6 Å². The van der Waals surface area contributed by atoms with E-state index in [1.54, 1.807) is 20.8 Å². The highest BCUT2D eigenvalue weighted by atomic mass is 35.5. The number of hydrogen-bond donors (Lipinski definition) is 0. The van der Waals surface area contributed by atoms with Gasteiger partial charge in [-0.1, -0.05) is 86.6 Å². The Balaban J connectivity index is 1.98. The second-order valence-corrected chi connectivity index (χ2v) is 23.9. The molecule has 5 unspecified atom stereocenters. The number of aryl methyl sites for hydroxylation is 3. The van der Waals surface area contributed by atoms with Crippen LogP contribution in [-0.4, -0.2) is 49.3 Å². The SMILES string of the molecule is CC(C)Cc1ccc(CCC(CC(CC(C)(Cl)C(=O)OC(C)(C)C)c2ccc(CCC(C)(Cl)C(=O)OC(C)(C)C)cc2)c2ccc(CCC(C)(Cl)C(=O)OC(C)(C)C)cc2)cc1. The van der Waals surface area contributed by atoms with Gasteiger partial charge in [0.25, 0.3) is 0 Å². The van der Waals surface area contributed by atoms with Gasteiger partial charge in [-0.2, -0.15) is 0 Å². The predicted molar refractivity (Wildman–Crippen MR) is 258 cm³/mol. The average molecular weight is 915 g/mol. The summed E-state index contributed by atoms with van der Waals surface area (Å²) < 4.78 is 17.0. The minimum Gasteiger partial charge on any atom is -0.459 e. The molecule has 0 saturated heterocycles. The summed E-state index contributed by atoms with van der Waals surface area (Å²) in [6, 6.07) is 26.0. The number of carbonyl (C=O) groups is 3. The number of halogens is 3. The minimum absolute atomic E-state index is 0.108. The number of esters is 3. The quantitative estimate of drug-likeness (QED) is 0.0638. The Labute approximate surface area is 389 Å². The van der Waals surface area contributed by atoms with Crippen LogP contribution in [0.1, 0.15) is 174 Å². The zero-order valence-electron chi connectivity index (χ0n) is 40.1. The van der Waals surface area contributed by atoms with E-state index in [9.17, 15) is 14.4 Å². The summed E-state index contributed by atoms with van der Waals surface area (Å²) in [5, 5.41) is 0. The maximum Gasteiger partial charge on any atom is 0.327 e. The van der Waals surface area contributed by atoms with Crippen LogP contribution in [0.25, 0.3) is 0 Å². The molecule has 5 atom stereocenters. The largest absolute Gasteiger partial charge is 0.459 e. The molecule has 0 heterocycles. The normalized spacial score (nSPS) is 16.4. The van der Waals surface area contributed by atoms with Gasteiger partial charge < -0.3 is 14.2 Å². The van der Waals surface area contributed by atoms with Crippen LogP contribution in [0.3, 0.4) is 0 Å². The fourth-order valence-electron chi connectivity index (χ4n) is 7.33. The van der Waals surface area contributed by atoms with Crippen molar-refractivity contribution in [2.24, 2.45) is 5.92 Å². The van der Waals surface area contributed by atoms with Crippen molar-refractivity contribution in [3.8, 4) is 0 Å². The molecule has 9 heteroatoms. The molecule has 0 N–H and O–H groups in total. The first kappa shape index (κ1) is 53.3. The number of ether oxygens (including phenoxy) is 3. The molecular weight excluding hydrogens is 839 g/mol. The zero-order valence-corrected chi connectivity index (χ0v) is 42.4. The zero-order chi connectivity index (χ0) is 46.9. The van der Waals surface area contributed by atoms with Crippen molar-refractivity contribution in [1.82, 2.24) is 0 Å². The highest BCUT2D eigenvalue weighted by Gasteiger charge is 2.39. The van der Waals surface area contributed by atoms with Crippen molar-refractivity contribution in [3.05, 3.63) is 106 Å². The second-order valence-electron chi connectivity index (χ2n) is 21.4. The summed E-state index contributed by atoms with van der Waals surface area (Å²) in [6.07, 6.45) is 5.92. The van der Waals surface area contributed by atoms with Crippen LogP contribution in [0, 0.1) is 5.92 Å². The molecule has 0 aliphatic rings. The first-order valence-corrected chi connectivity index (χ1v) is 23.5. The van der Waals surface area contributed by atoms with Crippen LogP contribution < -0.4 is 0 Å². The fraction of sp³-hybridized carbons (Fsp3) is 0.604. The van der Waals surface area contributed by atoms with Gasteiger partial charge in [0.15, 0.2) is 0 Å². The summed E-state index contributed by atoms with van der Waals surface area (Å²) in [4.78, 5) is 35.8. The summed E-state index contributed by atoms with van der Waals surface area (Å²) in [5.41, 5.74) is 5.03. The third-order valence-electron chi connectivity index (χ3n) is 10.8. The smallest absolute Gasteiger partial charge is 0.327 e. The molecule has 0 amide bonds. The van der Waals surface area contributed by atoms with Crippen LogP contribution in [0.2, 0.25) is 0 Å². The Morgan fingerprint density at radius 2 is 0.790 bits per heavy atom. The lowest BCUT2D eigenvalue weighted by molar-refractivity contribution is -0.159. The first-order valence-electron chi connectivity index (χ1n) is 22.4. The first-order chi connectivity index (χ1) is 28.3. The maximum absolute atomic E-state index is 13.6. The van der Waals surface area contributed by atoms with Gasteiger partial charge in [-0.05, 0) is 192 Å². The van der Waals surface area contributed by atoms with Gasteiger partial charge in [-0.25, -0.2) is 0 Å². The molecule has 3 aromatic rings. The molecule has 0 aliphatic heterocycles. The Kier molecular flexibility index (Phi) is 18.7. The Morgan fingerprint density at radius 1 is 0.468 bits per heavy atom. The summed E-state index contributed by atoms with van der Waals surface area (Å²) in [5.74, 6) is -0.715. The van der Waals surface area contributed by atoms with Crippen LogP contribution in [0.5, 0.6) is 0 Å². The predicted octanol–water partition coefficient (Wildman–Crippen LogP) is 14.0. The van der Waals surface area contributed by atoms with Gasteiger partial charge in [0.05, 0.1) is 0 Å². The van der Waals surface area contributed by atoms with Gasteiger partial charge in [0.1, 0.15) is 31.4 Å². The number of rotatable bonds is 20. The molecule has 0 saturated carbocycles. The molecule has 0 radical (unpaired) electrons. The van der Waals surface area contributed by atoms with Gasteiger partial charge in [0.2, 0.25) is 0 Å². The summed E-state index contributed by atoms with van der Waals surface area (Å²) >= 11 is 20.6. The Morgan fingerprint density at radius 3 is 1.16 bits per heavy atom. The fourth-order valence-corrected chi connectivity index (χ4v) is 7.82. The number of benzene rings is 3. The van der Waals surface area contributed by atoms with Gasteiger partial charge in [-0.3, -0.25) is 14.4 Å². The van der Waals surface area contributed by atoms with Crippen molar-refractivity contribution < 1.29 is 28.6 Å². The minimum atomic E-state index is -1.28. The summed E-state index contributed by atoms with van der Waals surface area (Å²) in [7, 11) is 0. The van der Waals surface area contributed by atoms with E-state index in [-0.39, 0.29) is 11.8 Å². The molecule has 0 aliphatic carbocycles. The number of hydrogen-bond acceptors (Lipinski definition) is 6. The monoisotopic (exact) mass is 912 g/mol. The van der Waals surface area contributed by atoms with Crippen LogP contribution in [-0.2, 0) is 54.3 Å². The topological polar surface area (TPSA) is 78.9 Å². The van der Waals surface area contributed by atoms with Crippen LogP contribution in [0.4, 0.5) is 0 Å². The lowest BCUT2D eigenvalue weighted by Gasteiger charge is -2.32. The van der Waals surface area contributed by atoms with Crippen molar-refractivity contribution in [1.29, 1.82) is 0 Å². The third kappa shape index (κ3) is 18.6. The van der Waals surface area contributed by atoms with Crippen molar-refractivity contribution in [2.75, 3.05) is 0 Å². The van der Waals surface area contributed by atoms with Crippen LogP contribution in [0.15, 0.2) is 72.8 Å². The van der Waals surface area contributed by atoms with E-state index < -0.39 is 49.3 Å². The van der Waals surface area contributed by atoms with Gasteiger partial charge in [-0.15, -0.1) is 34.8 Å². The molecule has 3 rings (SSSR count). The van der Waals surface area contributed by atoms with Crippen molar-refractivity contribution in [3.63, 3.8) is 0 Å².